The molecule has 0 amide bonds. The van der Waals surface area contributed by atoms with Crippen LogP contribution in [0.1, 0.15) is 26.7 Å². The maximum Gasteiger partial charge on any atom is 0.309 e. The number of hydrogen-bond acceptors (Lipinski definition) is 6. The van der Waals surface area contributed by atoms with E-state index in [0.717, 1.165) is 0 Å². The number of rotatable bonds is 8. The summed E-state index contributed by atoms with van der Waals surface area (Å²) < 4.78 is 14.0. The first-order chi connectivity index (χ1) is 8.95. The average Bonchev–Trinajstić information content (AvgIpc) is 2.34. The highest BCUT2D eigenvalue weighted by Crippen LogP contribution is 2.06. The summed E-state index contributed by atoms with van der Waals surface area (Å²) in [5, 5.41) is 0. The smallest absolute Gasteiger partial charge is 0.309 e. The van der Waals surface area contributed by atoms with Crippen molar-refractivity contribution in [3.63, 3.8) is 0 Å². The second-order valence-electron chi connectivity index (χ2n) is 3.95. The van der Waals surface area contributed by atoms with E-state index in [9.17, 15) is 14.4 Å². The third-order valence-electron chi connectivity index (χ3n) is 2.12. The minimum atomic E-state index is -0.407. The molecule has 0 N–H and O–H groups in total. The number of methoxy groups -OCH3 is 1. The number of carbonyl (C=O) groups excluding carboxylic acids is 3. The maximum atomic E-state index is 11.4. The van der Waals surface area contributed by atoms with Gasteiger partial charge in [-0.2, -0.15) is 0 Å². The average molecular weight is 272 g/mol. The molecule has 0 bridgehead atoms. The van der Waals surface area contributed by atoms with E-state index >= 15 is 0 Å². The van der Waals surface area contributed by atoms with Gasteiger partial charge in [-0.05, 0) is 5.92 Å². The van der Waals surface area contributed by atoms with Crippen molar-refractivity contribution in [1.82, 2.24) is 0 Å². The fraction of sp³-hybridized carbons (Fsp3) is 0.615. The first-order valence-corrected chi connectivity index (χ1v) is 5.98. The third kappa shape index (κ3) is 11.0. The molecule has 1 unspecified atom stereocenters. The number of allylic oxidation sites excluding steroid dienone is 1. The molecule has 0 aliphatic rings. The van der Waals surface area contributed by atoms with Crippen molar-refractivity contribution in [2.24, 2.45) is 5.92 Å². The first-order valence-electron chi connectivity index (χ1n) is 5.98. The molecule has 0 rings (SSSR count). The van der Waals surface area contributed by atoms with Crippen molar-refractivity contribution >= 4 is 17.9 Å². The molecule has 0 aromatic carbocycles. The second-order valence-corrected chi connectivity index (χ2v) is 3.95. The zero-order chi connectivity index (χ0) is 14.7. The molecule has 19 heavy (non-hydrogen) atoms. The van der Waals surface area contributed by atoms with Crippen LogP contribution in [0.15, 0.2) is 12.2 Å². The molecule has 6 heteroatoms. The summed E-state index contributed by atoms with van der Waals surface area (Å²) in [6.07, 6.45) is 3.80. The SMILES string of the molecule is COC(=O)C/C=C/C(C)CC(=O)OCCOC(C)=O. The fourth-order valence-corrected chi connectivity index (χ4v) is 1.21. The van der Waals surface area contributed by atoms with Crippen molar-refractivity contribution in [3.05, 3.63) is 12.2 Å². The van der Waals surface area contributed by atoms with E-state index in [0.29, 0.717) is 0 Å². The van der Waals surface area contributed by atoms with Crippen LogP contribution >= 0.6 is 0 Å². The molecule has 1 atom stereocenters. The summed E-state index contributed by atoms with van der Waals surface area (Å²) in [5.74, 6) is -1.14. The second kappa shape index (κ2) is 10.1. The van der Waals surface area contributed by atoms with E-state index in [-0.39, 0.29) is 43.9 Å². The number of esters is 3. The number of hydrogen-bond donors (Lipinski definition) is 0. The third-order valence-corrected chi connectivity index (χ3v) is 2.12. The Bertz CT molecular complexity index is 334. The van der Waals surface area contributed by atoms with E-state index in [4.69, 9.17) is 4.74 Å². The molecule has 0 spiro atoms. The van der Waals surface area contributed by atoms with Gasteiger partial charge in [0.15, 0.2) is 0 Å². The summed E-state index contributed by atoms with van der Waals surface area (Å²) in [4.78, 5) is 32.7. The molecule has 0 fully saturated rings. The van der Waals surface area contributed by atoms with E-state index in [1.807, 2.05) is 6.92 Å². The van der Waals surface area contributed by atoms with Gasteiger partial charge in [-0.1, -0.05) is 19.1 Å². The Balaban J connectivity index is 3.74. The van der Waals surface area contributed by atoms with Crippen LogP contribution in [-0.4, -0.2) is 38.2 Å². The maximum absolute atomic E-state index is 11.4. The van der Waals surface area contributed by atoms with Gasteiger partial charge in [0.05, 0.1) is 20.0 Å². The minimum absolute atomic E-state index is 0.0362. The van der Waals surface area contributed by atoms with Gasteiger partial charge in [-0.3, -0.25) is 14.4 Å². The molecule has 0 aromatic rings. The van der Waals surface area contributed by atoms with Crippen molar-refractivity contribution < 1.29 is 28.6 Å². The van der Waals surface area contributed by atoms with Crippen LogP contribution < -0.4 is 0 Å². The van der Waals surface area contributed by atoms with E-state index in [2.05, 4.69) is 9.47 Å². The molecular formula is C13H20O6. The molecular weight excluding hydrogens is 252 g/mol. The van der Waals surface area contributed by atoms with Crippen molar-refractivity contribution in [3.8, 4) is 0 Å². The predicted molar refractivity (Wildman–Crippen MR) is 67.1 cm³/mol. The molecule has 0 saturated heterocycles. The lowest BCUT2D eigenvalue weighted by atomic mass is 10.1. The Kier molecular flexibility index (Phi) is 9.12. The lowest BCUT2D eigenvalue weighted by molar-refractivity contribution is -0.151. The normalized spacial score (nSPS) is 11.9. The molecule has 0 aromatic heterocycles. The number of ether oxygens (including phenoxy) is 3. The summed E-state index contributed by atoms with van der Waals surface area (Å²) in [5.41, 5.74) is 0. The fourth-order valence-electron chi connectivity index (χ4n) is 1.21. The monoisotopic (exact) mass is 272 g/mol. The van der Waals surface area contributed by atoms with E-state index in [1.54, 1.807) is 12.2 Å². The Labute approximate surface area is 112 Å². The van der Waals surface area contributed by atoms with Gasteiger partial charge in [0.2, 0.25) is 0 Å². The van der Waals surface area contributed by atoms with Crippen LogP contribution in [0, 0.1) is 5.92 Å². The summed E-state index contributed by atoms with van der Waals surface area (Å²) >= 11 is 0. The van der Waals surface area contributed by atoms with Crippen LogP contribution in [0.2, 0.25) is 0 Å². The Morgan fingerprint density at radius 2 is 1.74 bits per heavy atom. The highest BCUT2D eigenvalue weighted by molar-refractivity contribution is 5.71. The molecule has 0 aliphatic carbocycles. The van der Waals surface area contributed by atoms with Crippen molar-refractivity contribution in [2.75, 3.05) is 20.3 Å². The van der Waals surface area contributed by atoms with Crippen molar-refractivity contribution in [1.29, 1.82) is 0 Å². The zero-order valence-corrected chi connectivity index (χ0v) is 11.5. The summed E-state index contributed by atoms with van der Waals surface area (Å²) in [6, 6.07) is 0. The Morgan fingerprint density at radius 1 is 1.11 bits per heavy atom. The van der Waals surface area contributed by atoms with Gasteiger partial charge in [0, 0.05) is 6.92 Å². The molecule has 0 saturated carbocycles. The largest absolute Gasteiger partial charge is 0.469 e. The lowest BCUT2D eigenvalue weighted by Gasteiger charge is -2.07. The zero-order valence-electron chi connectivity index (χ0n) is 11.5. The van der Waals surface area contributed by atoms with Gasteiger partial charge in [0.25, 0.3) is 0 Å². The van der Waals surface area contributed by atoms with Crippen LogP contribution in [0.25, 0.3) is 0 Å². The topological polar surface area (TPSA) is 78.9 Å². The highest BCUT2D eigenvalue weighted by atomic mass is 16.6. The Morgan fingerprint density at radius 3 is 2.32 bits per heavy atom. The number of carbonyl (C=O) groups is 3. The van der Waals surface area contributed by atoms with Gasteiger partial charge in [-0.15, -0.1) is 0 Å². The van der Waals surface area contributed by atoms with Crippen LogP contribution in [0.3, 0.4) is 0 Å². The van der Waals surface area contributed by atoms with Gasteiger partial charge in [0.1, 0.15) is 13.2 Å². The first kappa shape index (κ1) is 17.2. The van der Waals surface area contributed by atoms with Crippen LogP contribution in [0.4, 0.5) is 0 Å². The Hall–Kier alpha value is -1.85. The van der Waals surface area contributed by atoms with E-state index < -0.39 is 5.97 Å². The molecule has 0 aliphatic heterocycles. The van der Waals surface area contributed by atoms with E-state index in [1.165, 1.54) is 14.0 Å². The molecule has 0 heterocycles. The molecule has 6 nitrogen and oxygen atoms in total. The molecule has 108 valence electrons. The summed E-state index contributed by atoms with van der Waals surface area (Å²) in [6.45, 7) is 3.24. The quantitative estimate of drug-likeness (QED) is 0.286. The molecule has 0 radical (unpaired) electrons. The van der Waals surface area contributed by atoms with Gasteiger partial charge >= 0.3 is 17.9 Å². The van der Waals surface area contributed by atoms with Gasteiger partial charge in [-0.25, -0.2) is 0 Å². The van der Waals surface area contributed by atoms with Crippen LogP contribution in [-0.2, 0) is 28.6 Å². The lowest BCUT2D eigenvalue weighted by Crippen LogP contribution is -2.14. The minimum Gasteiger partial charge on any atom is -0.469 e. The predicted octanol–water partition coefficient (Wildman–Crippen LogP) is 1.24. The summed E-state index contributed by atoms with van der Waals surface area (Å²) in [7, 11) is 1.32. The highest BCUT2D eigenvalue weighted by Gasteiger charge is 2.08. The van der Waals surface area contributed by atoms with Gasteiger partial charge < -0.3 is 14.2 Å². The standard InChI is InChI=1S/C13H20O6/c1-10(5-4-6-12(15)17-3)9-13(16)19-8-7-18-11(2)14/h4-5,10H,6-9H2,1-3H3/b5-4+. The van der Waals surface area contributed by atoms with Crippen molar-refractivity contribution in [2.45, 2.75) is 26.7 Å². The van der Waals surface area contributed by atoms with Crippen LogP contribution in [0.5, 0.6) is 0 Å².